The molecule has 0 amide bonds. The second kappa shape index (κ2) is 4.47. The average Bonchev–Trinajstić information content (AvgIpc) is 3.14. The van der Waals surface area contributed by atoms with E-state index in [1.165, 1.54) is 10.6 Å². The van der Waals surface area contributed by atoms with Crippen LogP contribution in [0.25, 0.3) is 16.2 Å². The summed E-state index contributed by atoms with van der Waals surface area (Å²) in [5, 5.41) is 0. The van der Waals surface area contributed by atoms with Gasteiger partial charge in [-0.15, -0.1) is 11.3 Å². The van der Waals surface area contributed by atoms with Gasteiger partial charge in [-0.2, -0.15) is 0 Å². The molecule has 0 saturated carbocycles. The molecule has 21 heavy (non-hydrogen) atoms. The van der Waals surface area contributed by atoms with Crippen molar-refractivity contribution < 1.29 is 9.47 Å². The van der Waals surface area contributed by atoms with Crippen LogP contribution in [-0.4, -0.2) is 16.2 Å². The van der Waals surface area contributed by atoms with E-state index in [1.807, 2.05) is 18.2 Å². The van der Waals surface area contributed by atoms with E-state index in [4.69, 9.17) is 20.2 Å². The lowest BCUT2D eigenvalue weighted by Crippen LogP contribution is -2.03. The van der Waals surface area contributed by atoms with E-state index in [0.717, 1.165) is 33.4 Å². The number of ether oxygens (including phenoxy) is 2. The van der Waals surface area contributed by atoms with Crippen LogP contribution in [0.15, 0.2) is 18.2 Å². The maximum absolute atomic E-state index is 5.98. The van der Waals surface area contributed by atoms with Crippen LogP contribution in [0.4, 0.5) is 0 Å². The predicted octanol–water partition coefficient (Wildman–Crippen LogP) is 2.87. The molecular formula is C15H15N3O2S. The molecule has 4 rings (SSSR count). The SMILES string of the molecule is Cc1sc2nc(-c3ccc4c(c3)OCO4)c(CN)n2c1C. The third kappa shape index (κ3) is 1.76. The minimum Gasteiger partial charge on any atom is -0.454 e. The molecular weight excluding hydrogens is 286 g/mol. The van der Waals surface area contributed by atoms with Crippen molar-refractivity contribution in [1.82, 2.24) is 9.38 Å². The van der Waals surface area contributed by atoms with E-state index in [9.17, 15) is 0 Å². The Morgan fingerprint density at radius 2 is 2.10 bits per heavy atom. The number of nitrogens with two attached hydrogens (primary N) is 1. The van der Waals surface area contributed by atoms with Crippen LogP contribution < -0.4 is 15.2 Å². The van der Waals surface area contributed by atoms with Gasteiger partial charge in [-0.1, -0.05) is 0 Å². The van der Waals surface area contributed by atoms with E-state index >= 15 is 0 Å². The van der Waals surface area contributed by atoms with Crippen LogP contribution >= 0.6 is 11.3 Å². The monoisotopic (exact) mass is 301 g/mol. The summed E-state index contributed by atoms with van der Waals surface area (Å²) in [6, 6.07) is 5.89. The third-order valence-corrected chi connectivity index (χ3v) is 4.93. The number of rotatable bonds is 2. The Kier molecular flexibility index (Phi) is 2.70. The van der Waals surface area contributed by atoms with Crippen LogP contribution in [0.3, 0.4) is 0 Å². The molecule has 0 aliphatic carbocycles. The molecule has 6 heteroatoms. The fraction of sp³-hybridized carbons (Fsp3) is 0.267. The van der Waals surface area contributed by atoms with E-state index in [2.05, 4.69) is 18.2 Å². The van der Waals surface area contributed by atoms with Gasteiger partial charge < -0.3 is 15.2 Å². The van der Waals surface area contributed by atoms with Gasteiger partial charge >= 0.3 is 0 Å². The molecule has 5 nitrogen and oxygen atoms in total. The molecule has 0 unspecified atom stereocenters. The highest BCUT2D eigenvalue weighted by Crippen LogP contribution is 2.37. The first-order valence-electron chi connectivity index (χ1n) is 6.76. The number of thiazole rings is 1. The Morgan fingerprint density at radius 1 is 1.29 bits per heavy atom. The molecule has 2 N–H and O–H groups in total. The second-order valence-corrected chi connectivity index (χ2v) is 6.22. The number of hydrogen-bond acceptors (Lipinski definition) is 5. The topological polar surface area (TPSA) is 61.8 Å². The summed E-state index contributed by atoms with van der Waals surface area (Å²) in [5.41, 5.74) is 10.1. The highest BCUT2D eigenvalue weighted by atomic mass is 32.1. The highest BCUT2D eigenvalue weighted by Gasteiger charge is 2.20. The van der Waals surface area contributed by atoms with Gasteiger partial charge in [0.1, 0.15) is 0 Å². The van der Waals surface area contributed by atoms with Crippen molar-refractivity contribution in [2.24, 2.45) is 5.73 Å². The van der Waals surface area contributed by atoms with Crippen molar-refractivity contribution >= 4 is 16.3 Å². The average molecular weight is 301 g/mol. The molecule has 0 fully saturated rings. The van der Waals surface area contributed by atoms with Gasteiger partial charge in [0.2, 0.25) is 6.79 Å². The standard InChI is InChI=1S/C15H15N3O2S/c1-8-9(2)21-15-17-14(11(6-16)18(8)15)10-3-4-12-13(5-10)20-7-19-12/h3-5H,6-7,16H2,1-2H3. The van der Waals surface area contributed by atoms with Crippen LogP contribution in [0, 0.1) is 13.8 Å². The van der Waals surface area contributed by atoms with Gasteiger partial charge in [0.25, 0.3) is 0 Å². The van der Waals surface area contributed by atoms with Gasteiger partial charge in [0.15, 0.2) is 16.5 Å². The molecule has 108 valence electrons. The van der Waals surface area contributed by atoms with Gasteiger partial charge in [-0.25, -0.2) is 4.98 Å². The third-order valence-electron chi connectivity index (χ3n) is 3.87. The zero-order valence-corrected chi connectivity index (χ0v) is 12.7. The lowest BCUT2D eigenvalue weighted by Gasteiger charge is -2.04. The first-order chi connectivity index (χ1) is 10.2. The zero-order valence-electron chi connectivity index (χ0n) is 11.8. The minimum atomic E-state index is 0.277. The summed E-state index contributed by atoms with van der Waals surface area (Å²) in [6.45, 7) is 4.93. The fourth-order valence-corrected chi connectivity index (χ4v) is 3.67. The van der Waals surface area contributed by atoms with Gasteiger partial charge in [0.05, 0.1) is 11.4 Å². The summed E-state index contributed by atoms with van der Waals surface area (Å²) < 4.78 is 13.0. The lowest BCUT2D eigenvalue weighted by molar-refractivity contribution is 0.174. The van der Waals surface area contributed by atoms with Gasteiger partial charge in [-0.3, -0.25) is 4.40 Å². The predicted molar refractivity (Wildman–Crippen MR) is 82.0 cm³/mol. The highest BCUT2D eigenvalue weighted by molar-refractivity contribution is 7.17. The van der Waals surface area contributed by atoms with Crippen molar-refractivity contribution in [1.29, 1.82) is 0 Å². The summed E-state index contributed by atoms with van der Waals surface area (Å²) in [4.78, 5) is 7.02. The molecule has 0 spiro atoms. The molecule has 3 aromatic rings. The molecule has 1 aliphatic rings. The van der Waals surface area contributed by atoms with Crippen LogP contribution in [-0.2, 0) is 6.54 Å². The number of aromatic nitrogens is 2. The summed E-state index contributed by atoms with van der Waals surface area (Å²) in [7, 11) is 0. The zero-order chi connectivity index (χ0) is 14.6. The van der Waals surface area contributed by atoms with Crippen molar-refractivity contribution in [3.8, 4) is 22.8 Å². The van der Waals surface area contributed by atoms with Crippen molar-refractivity contribution in [2.75, 3.05) is 6.79 Å². The largest absolute Gasteiger partial charge is 0.454 e. The second-order valence-electron chi connectivity index (χ2n) is 5.04. The summed E-state index contributed by atoms with van der Waals surface area (Å²) in [6.07, 6.45) is 0. The molecule has 0 saturated heterocycles. The molecule has 3 heterocycles. The molecule has 2 aromatic heterocycles. The maximum atomic E-state index is 5.98. The Hall–Kier alpha value is -2.05. The molecule has 0 radical (unpaired) electrons. The number of hydrogen-bond donors (Lipinski definition) is 1. The first kappa shape index (κ1) is 12.7. The van der Waals surface area contributed by atoms with E-state index in [1.54, 1.807) is 11.3 Å². The van der Waals surface area contributed by atoms with Crippen LogP contribution in [0.5, 0.6) is 11.5 Å². The number of fused-ring (bicyclic) bond motifs is 2. The minimum absolute atomic E-state index is 0.277. The van der Waals surface area contributed by atoms with E-state index in [0.29, 0.717) is 6.54 Å². The number of nitrogens with zero attached hydrogens (tertiary/aromatic N) is 2. The van der Waals surface area contributed by atoms with E-state index in [-0.39, 0.29) is 6.79 Å². The smallest absolute Gasteiger partial charge is 0.231 e. The molecule has 1 aromatic carbocycles. The maximum Gasteiger partial charge on any atom is 0.231 e. The summed E-state index contributed by atoms with van der Waals surface area (Å²) >= 11 is 1.69. The van der Waals surface area contributed by atoms with Crippen molar-refractivity contribution in [2.45, 2.75) is 20.4 Å². The Labute approximate surface area is 125 Å². The molecule has 0 bridgehead atoms. The quantitative estimate of drug-likeness (QED) is 0.790. The summed E-state index contributed by atoms with van der Waals surface area (Å²) in [5.74, 6) is 1.54. The number of benzene rings is 1. The normalized spacial score (nSPS) is 13.3. The molecule has 0 atom stereocenters. The van der Waals surface area contributed by atoms with Crippen molar-refractivity contribution in [3.05, 3.63) is 34.5 Å². The van der Waals surface area contributed by atoms with Crippen LogP contribution in [0.2, 0.25) is 0 Å². The van der Waals surface area contributed by atoms with Gasteiger partial charge in [-0.05, 0) is 32.0 Å². The number of aryl methyl sites for hydroxylation is 2. The lowest BCUT2D eigenvalue weighted by atomic mass is 10.1. The van der Waals surface area contributed by atoms with Crippen LogP contribution in [0.1, 0.15) is 16.3 Å². The van der Waals surface area contributed by atoms with Crippen molar-refractivity contribution in [3.63, 3.8) is 0 Å². The number of imidazole rings is 1. The van der Waals surface area contributed by atoms with E-state index < -0.39 is 0 Å². The van der Waals surface area contributed by atoms with Gasteiger partial charge in [0, 0.05) is 22.7 Å². The Bertz CT molecular complexity index is 850. The Balaban J connectivity index is 1.94. The first-order valence-corrected chi connectivity index (χ1v) is 7.58. The molecule has 1 aliphatic heterocycles. The fourth-order valence-electron chi connectivity index (χ4n) is 2.68. The Morgan fingerprint density at radius 3 is 2.90 bits per heavy atom.